The van der Waals surface area contributed by atoms with Crippen molar-refractivity contribution in [1.29, 1.82) is 0 Å². The van der Waals surface area contributed by atoms with Crippen LogP contribution in [0.2, 0.25) is 0 Å². The zero-order chi connectivity index (χ0) is 13.7. The molecule has 1 amide bonds. The van der Waals surface area contributed by atoms with Crippen LogP contribution < -0.4 is 15.8 Å². The standard InChI is InChI=1S/C13H18N2O2S/c1-8(2)15-13(16)9(3)17-11-7-5-4-6-10(11)12(14)18/h4-9H,1-3H3,(H2,14,18)(H,15,16). The van der Waals surface area contributed by atoms with Crippen LogP contribution in [0.4, 0.5) is 0 Å². The van der Waals surface area contributed by atoms with Gasteiger partial charge in [-0.05, 0) is 32.9 Å². The zero-order valence-electron chi connectivity index (χ0n) is 10.8. The van der Waals surface area contributed by atoms with Crippen molar-refractivity contribution >= 4 is 23.1 Å². The van der Waals surface area contributed by atoms with Crippen molar-refractivity contribution in [2.75, 3.05) is 0 Å². The number of para-hydroxylation sites is 1. The van der Waals surface area contributed by atoms with Gasteiger partial charge in [0.15, 0.2) is 6.10 Å². The van der Waals surface area contributed by atoms with Crippen LogP contribution in [-0.2, 0) is 4.79 Å². The molecule has 0 aliphatic carbocycles. The summed E-state index contributed by atoms with van der Waals surface area (Å²) in [6, 6.07) is 7.22. The fraction of sp³-hybridized carbons (Fsp3) is 0.385. The summed E-state index contributed by atoms with van der Waals surface area (Å²) in [5, 5.41) is 2.78. The monoisotopic (exact) mass is 266 g/mol. The van der Waals surface area contributed by atoms with Crippen molar-refractivity contribution in [2.45, 2.75) is 32.9 Å². The maximum absolute atomic E-state index is 11.7. The average molecular weight is 266 g/mol. The van der Waals surface area contributed by atoms with Gasteiger partial charge in [-0.3, -0.25) is 4.79 Å². The number of ether oxygens (including phenoxy) is 1. The molecule has 1 unspecified atom stereocenters. The molecular formula is C13H18N2O2S. The molecule has 1 atom stereocenters. The highest BCUT2D eigenvalue weighted by Crippen LogP contribution is 2.19. The van der Waals surface area contributed by atoms with Gasteiger partial charge in [0, 0.05) is 6.04 Å². The molecule has 18 heavy (non-hydrogen) atoms. The van der Waals surface area contributed by atoms with E-state index in [2.05, 4.69) is 5.32 Å². The third kappa shape index (κ3) is 4.00. The molecule has 0 aliphatic rings. The Kier molecular flexibility index (Phi) is 5.09. The highest BCUT2D eigenvalue weighted by molar-refractivity contribution is 7.80. The van der Waals surface area contributed by atoms with Crippen LogP contribution in [0.3, 0.4) is 0 Å². The van der Waals surface area contributed by atoms with Crippen LogP contribution in [0.1, 0.15) is 26.3 Å². The second-order valence-electron chi connectivity index (χ2n) is 4.28. The van der Waals surface area contributed by atoms with Gasteiger partial charge in [0.2, 0.25) is 0 Å². The van der Waals surface area contributed by atoms with Crippen LogP contribution in [0.15, 0.2) is 24.3 Å². The lowest BCUT2D eigenvalue weighted by molar-refractivity contribution is -0.127. The van der Waals surface area contributed by atoms with Crippen molar-refractivity contribution in [3.63, 3.8) is 0 Å². The number of benzene rings is 1. The van der Waals surface area contributed by atoms with Gasteiger partial charge >= 0.3 is 0 Å². The Bertz CT molecular complexity index is 446. The van der Waals surface area contributed by atoms with Crippen LogP contribution in [0.5, 0.6) is 5.75 Å². The Balaban J connectivity index is 2.78. The van der Waals surface area contributed by atoms with Crippen LogP contribution in [-0.4, -0.2) is 23.0 Å². The molecule has 0 saturated heterocycles. The van der Waals surface area contributed by atoms with E-state index in [0.29, 0.717) is 11.3 Å². The Morgan fingerprint density at radius 2 is 1.94 bits per heavy atom. The van der Waals surface area contributed by atoms with Crippen molar-refractivity contribution in [2.24, 2.45) is 5.73 Å². The summed E-state index contributed by atoms with van der Waals surface area (Å²) >= 11 is 4.94. The predicted molar refractivity (Wildman–Crippen MR) is 75.7 cm³/mol. The minimum Gasteiger partial charge on any atom is -0.480 e. The smallest absolute Gasteiger partial charge is 0.260 e. The van der Waals surface area contributed by atoms with Gasteiger partial charge in [-0.15, -0.1) is 0 Å². The quantitative estimate of drug-likeness (QED) is 0.795. The van der Waals surface area contributed by atoms with Gasteiger partial charge in [-0.25, -0.2) is 0 Å². The number of hydrogen-bond acceptors (Lipinski definition) is 3. The molecule has 98 valence electrons. The van der Waals surface area contributed by atoms with Crippen molar-refractivity contribution < 1.29 is 9.53 Å². The number of carbonyl (C=O) groups is 1. The first kappa shape index (κ1) is 14.4. The molecule has 0 aromatic heterocycles. The van der Waals surface area contributed by atoms with E-state index in [1.807, 2.05) is 26.0 Å². The second-order valence-corrected chi connectivity index (χ2v) is 4.72. The number of carbonyl (C=O) groups excluding carboxylic acids is 1. The average Bonchev–Trinajstić information content (AvgIpc) is 2.28. The molecule has 0 saturated carbocycles. The number of rotatable bonds is 5. The third-order valence-electron chi connectivity index (χ3n) is 2.26. The number of thiocarbonyl (C=S) groups is 1. The van der Waals surface area contributed by atoms with Gasteiger partial charge in [0.25, 0.3) is 5.91 Å². The minimum atomic E-state index is -0.595. The first-order chi connectivity index (χ1) is 8.41. The van der Waals surface area contributed by atoms with E-state index >= 15 is 0 Å². The fourth-order valence-corrected chi connectivity index (χ4v) is 1.59. The van der Waals surface area contributed by atoms with E-state index in [4.69, 9.17) is 22.7 Å². The molecule has 1 rings (SSSR count). The minimum absolute atomic E-state index is 0.0781. The van der Waals surface area contributed by atoms with Crippen LogP contribution in [0, 0.1) is 0 Å². The fourth-order valence-electron chi connectivity index (χ4n) is 1.42. The van der Waals surface area contributed by atoms with Crippen LogP contribution in [0.25, 0.3) is 0 Å². The molecule has 0 radical (unpaired) electrons. The summed E-state index contributed by atoms with van der Waals surface area (Å²) in [7, 11) is 0. The van der Waals surface area contributed by atoms with Gasteiger partial charge in [-0.1, -0.05) is 24.4 Å². The molecule has 0 spiro atoms. The largest absolute Gasteiger partial charge is 0.480 e. The van der Waals surface area contributed by atoms with E-state index in [-0.39, 0.29) is 16.9 Å². The molecule has 1 aromatic rings. The first-order valence-corrected chi connectivity index (χ1v) is 6.18. The molecule has 5 heteroatoms. The van der Waals surface area contributed by atoms with Gasteiger partial charge in [-0.2, -0.15) is 0 Å². The highest BCUT2D eigenvalue weighted by atomic mass is 32.1. The lowest BCUT2D eigenvalue weighted by Gasteiger charge is -2.18. The predicted octanol–water partition coefficient (Wildman–Crippen LogP) is 1.61. The van der Waals surface area contributed by atoms with E-state index < -0.39 is 6.10 Å². The molecule has 0 fully saturated rings. The molecule has 0 heterocycles. The zero-order valence-corrected chi connectivity index (χ0v) is 11.6. The lowest BCUT2D eigenvalue weighted by atomic mass is 10.2. The molecular weight excluding hydrogens is 248 g/mol. The number of amides is 1. The SMILES string of the molecule is CC(C)NC(=O)C(C)Oc1ccccc1C(N)=S. The maximum Gasteiger partial charge on any atom is 0.260 e. The van der Waals surface area contributed by atoms with E-state index in [0.717, 1.165) is 0 Å². The lowest BCUT2D eigenvalue weighted by Crippen LogP contribution is -2.40. The number of nitrogens with one attached hydrogen (secondary N) is 1. The number of nitrogens with two attached hydrogens (primary N) is 1. The normalized spacial score (nSPS) is 12.0. The maximum atomic E-state index is 11.7. The Labute approximate surface area is 113 Å². The third-order valence-corrected chi connectivity index (χ3v) is 2.48. The molecule has 4 nitrogen and oxygen atoms in total. The highest BCUT2D eigenvalue weighted by Gasteiger charge is 2.17. The number of hydrogen-bond donors (Lipinski definition) is 2. The Morgan fingerprint density at radius 3 is 2.50 bits per heavy atom. The molecule has 0 bridgehead atoms. The molecule has 3 N–H and O–H groups in total. The van der Waals surface area contributed by atoms with Crippen molar-refractivity contribution in [3.8, 4) is 5.75 Å². The van der Waals surface area contributed by atoms with Gasteiger partial charge in [0.05, 0.1) is 5.56 Å². The summed E-state index contributed by atoms with van der Waals surface area (Å²) in [6.07, 6.45) is -0.595. The van der Waals surface area contributed by atoms with Gasteiger partial charge in [0.1, 0.15) is 10.7 Å². The summed E-state index contributed by atoms with van der Waals surface area (Å²) in [6.45, 7) is 5.48. The summed E-state index contributed by atoms with van der Waals surface area (Å²) in [4.78, 5) is 12.0. The second kappa shape index (κ2) is 6.35. The van der Waals surface area contributed by atoms with Crippen molar-refractivity contribution in [1.82, 2.24) is 5.32 Å². The van der Waals surface area contributed by atoms with E-state index in [9.17, 15) is 4.79 Å². The summed E-state index contributed by atoms with van der Waals surface area (Å²) in [5.41, 5.74) is 6.23. The van der Waals surface area contributed by atoms with Crippen molar-refractivity contribution in [3.05, 3.63) is 29.8 Å². The summed E-state index contributed by atoms with van der Waals surface area (Å²) in [5.74, 6) is 0.360. The van der Waals surface area contributed by atoms with E-state index in [1.165, 1.54) is 0 Å². The Hall–Kier alpha value is -1.62. The first-order valence-electron chi connectivity index (χ1n) is 5.77. The Morgan fingerprint density at radius 1 is 1.33 bits per heavy atom. The van der Waals surface area contributed by atoms with Crippen LogP contribution >= 0.6 is 12.2 Å². The molecule has 0 aliphatic heterocycles. The summed E-state index contributed by atoms with van der Waals surface area (Å²) < 4.78 is 5.59. The molecule has 1 aromatic carbocycles. The topological polar surface area (TPSA) is 64.3 Å². The van der Waals surface area contributed by atoms with E-state index in [1.54, 1.807) is 19.1 Å². The van der Waals surface area contributed by atoms with Gasteiger partial charge < -0.3 is 15.8 Å².